The lowest BCUT2D eigenvalue weighted by Gasteiger charge is -2.09. The van der Waals surface area contributed by atoms with Gasteiger partial charge in [-0.1, -0.05) is 30.3 Å². The average molecular weight is 256 g/mol. The number of methoxy groups -OCH3 is 1. The van der Waals surface area contributed by atoms with Crippen molar-refractivity contribution < 1.29 is 14.3 Å². The predicted octanol–water partition coefficient (Wildman–Crippen LogP) is 3.36. The van der Waals surface area contributed by atoms with Crippen LogP contribution in [0.4, 0.5) is 0 Å². The van der Waals surface area contributed by atoms with E-state index in [-0.39, 0.29) is 5.97 Å². The lowest BCUT2D eigenvalue weighted by atomic mass is 10.1. The molecule has 0 radical (unpaired) electrons. The molecular formula is C16H16O3. The fraction of sp³-hybridized carbons (Fsp3) is 0.188. The van der Waals surface area contributed by atoms with Crippen molar-refractivity contribution in [2.45, 2.75) is 13.5 Å². The highest BCUT2D eigenvalue weighted by atomic mass is 16.5. The summed E-state index contributed by atoms with van der Waals surface area (Å²) >= 11 is 0. The average Bonchev–Trinajstić information content (AvgIpc) is 2.46. The first-order valence-corrected chi connectivity index (χ1v) is 6.06. The van der Waals surface area contributed by atoms with Gasteiger partial charge >= 0.3 is 5.97 Å². The van der Waals surface area contributed by atoms with Gasteiger partial charge in [-0.15, -0.1) is 0 Å². The van der Waals surface area contributed by atoms with E-state index in [0.717, 1.165) is 16.9 Å². The lowest BCUT2D eigenvalue weighted by molar-refractivity contribution is 0.0600. The first-order valence-electron chi connectivity index (χ1n) is 6.06. The molecule has 19 heavy (non-hydrogen) atoms. The van der Waals surface area contributed by atoms with E-state index >= 15 is 0 Å². The van der Waals surface area contributed by atoms with E-state index in [1.165, 1.54) is 7.11 Å². The smallest absolute Gasteiger partial charge is 0.337 e. The molecule has 0 aliphatic heterocycles. The molecule has 0 aliphatic carbocycles. The van der Waals surface area contributed by atoms with Gasteiger partial charge in [-0.2, -0.15) is 0 Å². The first-order chi connectivity index (χ1) is 9.20. The molecule has 0 heterocycles. The summed E-state index contributed by atoms with van der Waals surface area (Å²) in [7, 11) is 1.37. The van der Waals surface area contributed by atoms with Crippen molar-refractivity contribution >= 4 is 5.97 Å². The van der Waals surface area contributed by atoms with Crippen LogP contribution in [-0.2, 0) is 11.3 Å². The van der Waals surface area contributed by atoms with E-state index in [0.29, 0.717) is 12.2 Å². The van der Waals surface area contributed by atoms with Crippen LogP contribution in [0.3, 0.4) is 0 Å². The fourth-order valence-electron chi connectivity index (χ4n) is 1.73. The molecule has 0 aliphatic rings. The molecule has 2 rings (SSSR count). The third kappa shape index (κ3) is 3.35. The van der Waals surface area contributed by atoms with E-state index in [4.69, 9.17) is 4.74 Å². The Bertz CT molecular complexity index is 558. The van der Waals surface area contributed by atoms with Crippen LogP contribution < -0.4 is 4.74 Å². The Morgan fingerprint density at radius 1 is 1.05 bits per heavy atom. The second kappa shape index (κ2) is 6.05. The predicted molar refractivity (Wildman–Crippen MR) is 73.3 cm³/mol. The van der Waals surface area contributed by atoms with Crippen LogP contribution in [0.1, 0.15) is 21.5 Å². The zero-order valence-corrected chi connectivity index (χ0v) is 11.1. The van der Waals surface area contributed by atoms with Crippen LogP contribution in [0, 0.1) is 6.92 Å². The molecule has 0 bridgehead atoms. The second-order valence-corrected chi connectivity index (χ2v) is 4.24. The van der Waals surface area contributed by atoms with Crippen LogP contribution >= 0.6 is 0 Å². The molecule has 0 N–H and O–H groups in total. The molecule has 0 amide bonds. The topological polar surface area (TPSA) is 35.5 Å². The number of hydrogen-bond acceptors (Lipinski definition) is 3. The van der Waals surface area contributed by atoms with Crippen molar-refractivity contribution in [3.63, 3.8) is 0 Å². The summed E-state index contributed by atoms with van der Waals surface area (Å²) in [5.74, 6) is 0.547. The van der Waals surface area contributed by atoms with Gasteiger partial charge in [-0.25, -0.2) is 4.79 Å². The third-order valence-electron chi connectivity index (χ3n) is 2.86. The van der Waals surface area contributed by atoms with E-state index in [9.17, 15) is 4.79 Å². The summed E-state index contributed by atoms with van der Waals surface area (Å²) in [4.78, 5) is 11.3. The molecule has 0 atom stereocenters. The molecule has 3 nitrogen and oxygen atoms in total. The van der Waals surface area contributed by atoms with Gasteiger partial charge in [0.25, 0.3) is 0 Å². The van der Waals surface area contributed by atoms with Crippen molar-refractivity contribution in [3.05, 3.63) is 65.2 Å². The minimum Gasteiger partial charge on any atom is -0.489 e. The van der Waals surface area contributed by atoms with Gasteiger partial charge in [0.05, 0.1) is 12.7 Å². The Morgan fingerprint density at radius 3 is 2.37 bits per heavy atom. The van der Waals surface area contributed by atoms with Gasteiger partial charge in [-0.05, 0) is 36.2 Å². The second-order valence-electron chi connectivity index (χ2n) is 4.24. The molecule has 98 valence electrons. The van der Waals surface area contributed by atoms with Crippen molar-refractivity contribution in [3.8, 4) is 5.75 Å². The minimum absolute atomic E-state index is 0.327. The van der Waals surface area contributed by atoms with E-state index in [1.807, 2.05) is 43.3 Å². The Balaban J connectivity index is 2.01. The number of aryl methyl sites for hydroxylation is 1. The first kappa shape index (κ1) is 13.1. The molecule has 0 spiro atoms. The van der Waals surface area contributed by atoms with Crippen molar-refractivity contribution in [1.82, 2.24) is 0 Å². The van der Waals surface area contributed by atoms with Crippen molar-refractivity contribution in [1.29, 1.82) is 0 Å². The third-order valence-corrected chi connectivity index (χ3v) is 2.86. The minimum atomic E-state index is -0.327. The number of rotatable bonds is 4. The number of carbonyl (C=O) groups is 1. The van der Waals surface area contributed by atoms with Crippen LogP contribution in [0.5, 0.6) is 5.75 Å². The SMILES string of the molecule is COC(=O)c1ccc(COc2ccccc2C)cc1. The molecule has 0 aromatic heterocycles. The molecule has 0 fully saturated rings. The standard InChI is InChI=1S/C16H16O3/c1-12-5-3-4-6-15(12)19-11-13-7-9-14(10-8-13)16(17)18-2/h3-10H,11H2,1-2H3. The summed E-state index contributed by atoms with van der Waals surface area (Å²) in [6.45, 7) is 2.49. The van der Waals surface area contributed by atoms with E-state index in [1.54, 1.807) is 12.1 Å². The number of carbonyl (C=O) groups excluding carboxylic acids is 1. The van der Waals surface area contributed by atoms with Crippen LogP contribution in [0.2, 0.25) is 0 Å². The summed E-state index contributed by atoms with van der Waals surface area (Å²) in [6, 6.07) is 15.1. The van der Waals surface area contributed by atoms with Crippen molar-refractivity contribution in [2.75, 3.05) is 7.11 Å². The molecule has 2 aromatic rings. The summed E-state index contributed by atoms with van der Waals surface area (Å²) in [5, 5.41) is 0. The van der Waals surface area contributed by atoms with Crippen LogP contribution in [0.15, 0.2) is 48.5 Å². The summed E-state index contributed by atoms with van der Waals surface area (Å²) < 4.78 is 10.4. The maximum absolute atomic E-state index is 11.3. The Labute approximate surface area is 112 Å². The Kier molecular flexibility index (Phi) is 4.18. The quantitative estimate of drug-likeness (QED) is 0.787. The monoisotopic (exact) mass is 256 g/mol. The van der Waals surface area contributed by atoms with Gasteiger partial charge < -0.3 is 9.47 Å². The lowest BCUT2D eigenvalue weighted by Crippen LogP contribution is -2.02. The number of ether oxygens (including phenoxy) is 2. The van der Waals surface area contributed by atoms with Gasteiger partial charge in [-0.3, -0.25) is 0 Å². The van der Waals surface area contributed by atoms with Gasteiger partial charge in [0.1, 0.15) is 12.4 Å². The highest BCUT2D eigenvalue weighted by molar-refractivity contribution is 5.89. The van der Waals surface area contributed by atoms with Crippen LogP contribution in [-0.4, -0.2) is 13.1 Å². The normalized spacial score (nSPS) is 10.0. The van der Waals surface area contributed by atoms with Crippen LogP contribution in [0.25, 0.3) is 0 Å². The summed E-state index contributed by atoms with van der Waals surface area (Å²) in [5.41, 5.74) is 2.66. The summed E-state index contributed by atoms with van der Waals surface area (Å²) in [6.07, 6.45) is 0. The van der Waals surface area contributed by atoms with Gasteiger partial charge in [0.15, 0.2) is 0 Å². The fourth-order valence-corrected chi connectivity index (χ4v) is 1.73. The van der Waals surface area contributed by atoms with Gasteiger partial charge in [0.2, 0.25) is 0 Å². The molecular weight excluding hydrogens is 240 g/mol. The highest BCUT2D eigenvalue weighted by Crippen LogP contribution is 2.18. The largest absolute Gasteiger partial charge is 0.489 e. The van der Waals surface area contributed by atoms with E-state index in [2.05, 4.69) is 4.74 Å². The molecule has 0 saturated carbocycles. The van der Waals surface area contributed by atoms with E-state index < -0.39 is 0 Å². The molecule has 2 aromatic carbocycles. The maximum atomic E-state index is 11.3. The zero-order chi connectivity index (χ0) is 13.7. The maximum Gasteiger partial charge on any atom is 0.337 e. The Hall–Kier alpha value is -2.29. The Morgan fingerprint density at radius 2 is 1.74 bits per heavy atom. The highest BCUT2D eigenvalue weighted by Gasteiger charge is 2.04. The van der Waals surface area contributed by atoms with Crippen molar-refractivity contribution in [2.24, 2.45) is 0 Å². The molecule has 0 saturated heterocycles. The van der Waals surface area contributed by atoms with Gasteiger partial charge in [0, 0.05) is 0 Å². The number of para-hydroxylation sites is 1. The molecule has 0 unspecified atom stereocenters. The zero-order valence-electron chi connectivity index (χ0n) is 11.1. The molecule has 3 heteroatoms. The number of benzene rings is 2. The number of esters is 1. The number of hydrogen-bond donors (Lipinski definition) is 0.